The van der Waals surface area contributed by atoms with Crippen molar-refractivity contribution in [2.24, 2.45) is 5.84 Å². The highest BCUT2D eigenvalue weighted by atomic mass is 79.9. The largest absolute Gasteiger partial charge is 0.392 e. The molecule has 12 heavy (non-hydrogen) atoms. The molecule has 0 spiro atoms. The molecular weight excluding hydrogens is 243 g/mol. The van der Waals surface area contributed by atoms with Crippen molar-refractivity contribution in [3.05, 3.63) is 28.2 Å². The van der Waals surface area contributed by atoms with E-state index in [0.29, 0.717) is 0 Å². The third kappa shape index (κ3) is 2.64. The van der Waals surface area contributed by atoms with Crippen molar-refractivity contribution in [2.75, 3.05) is 5.43 Å². The molecular formula is C7H10BrClN2O. The molecule has 0 aliphatic rings. The maximum Gasteiger partial charge on any atom is 0.0702 e. The Morgan fingerprint density at radius 2 is 2.17 bits per heavy atom. The average Bonchev–Trinajstić information content (AvgIpc) is 2.04. The van der Waals surface area contributed by atoms with Crippen molar-refractivity contribution in [1.29, 1.82) is 0 Å². The van der Waals surface area contributed by atoms with E-state index >= 15 is 0 Å². The molecule has 0 saturated heterocycles. The zero-order valence-corrected chi connectivity index (χ0v) is 8.65. The van der Waals surface area contributed by atoms with Crippen LogP contribution in [-0.4, -0.2) is 5.11 Å². The molecule has 1 aromatic carbocycles. The van der Waals surface area contributed by atoms with Crippen molar-refractivity contribution >= 4 is 34.0 Å². The summed E-state index contributed by atoms with van der Waals surface area (Å²) < 4.78 is 0.931. The van der Waals surface area contributed by atoms with Crippen molar-refractivity contribution in [3.63, 3.8) is 0 Å². The zero-order valence-electron chi connectivity index (χ0n) is 6.25. The fourth-order valence-corrected chi connectivity index (χ4v) is 1.24. The SMILES string of the molecule is Cl.NNc1ccc(Br)cc1CO. The van der Waals surface area contributed by atoms with E-state index < -0.39 is 0 Å². The third-order valence-electron chi connectivity index (χ3n) is 1.39. The van der Waals surface area contributed by atoms with Crippen molar-refractivity contribution in [1.82, 2.24) is 0 Å². The van der Waals surface area contributed by atoms with Gasteiger partial charge >= 0.3 is 0 Å². The lowest BCUT2D eigenvalue weighted by Gasteiger charge is -2.05. The minimum Gasteiger partial charge on any atom is -0.392 e. The highest BCUT2D eigenvalue weighted by Gasteiger charge is 1.98. The monoisotopic (exact) mass is 252 g/mol. The Balaban J connectivity index is 0.00000121. The number of anilines is 1. The second-order valence-corrected chi connectivity index (χ2v) is 3.02. The smallest absolute Gasteiger partial charge is 0.0702 e. The minimum atomic E-state index is -0.0149. The molecule has 0 heterocycles. The Bertz CT molecular complexity index is 257. The van der Waals surface area contributed by atoms with Gasteiger partial charge in [0.25, 0.3) is 0 Å². The minimum absolute atomic E-state index is 0. The van der Waals surface area contributed by atoms with Crippen LogP contribution in [0, 0.1) is 0 Å². The van der Waals surface area contributed by atoms with Gasteiger partial charge in [-0.25, -0.2) is 0 Å². The van der Waals surface area contributed by atoms with E-state index in [0.717, 1.165) is 15.7 Å². The van der Waals surface area contributed by atoms with E-state index in [1.807, 2.05) is 12.1 Å². The van der Waals surface area contributed by atoms with Gasteiger partial charge in [-0.1, -0.05) is 15.9 Å². The number of halogens is 2. The van der Waals surface area contributed by atoms with E-state index in [1.165, 1.54) is 0 Å². The van der Waals surface area contributed by atoms with Crippen LogP contribution >= 0.6 is 28.3 Å². The van der Waals surface area contributed by atoms with Crippen molar-refractivity contribution in [3.8, 4) is 0 Å². The standard InChI is InChI=1S/C7H9BrN2O.ClH/c8-6-1-2-7(10-9)5(3-6)4-11;/h1-3,10-11H,4,9H2;1H. The first-order valence-electron chi connectivity index (χ1n) is 3.14. The van der Waals surface area contributed by atoms with E-state index in [-0.39, 0.29) is 19.0 Å². The summed E-state index contributed by atoms with van der Waals surface area (Å²) in [5, 5.41) is 8.86. The molecule has 68 valence electrons. The maximum absolute atomic E-state index is 8.86. The Morgan fingerprint density at radius 1 is 1.50 bits per heavy atom. The van der Waals surface area contributed by atoms with Crippen LogP contribution in [0.4, 0.5) is 5.69 Å². The molecule has 0 fully saturated rings. The fourth-order valence-electron chi connectivity index (χ4n) is 0.834. The summed E-state index contributed by atoms with van der Waals surface area (Å²) in [6, 6.07) is 5.47. The van der Waals surface area contributed by atoms with E-state index in [4.69, 9.17) is 10.9 Å². The number of aliphatic hydroxyl groups excluding tert-OH is 1. The number of benzene rings is 1. The lowest BCUT2D eigenvalue weighted by atomic mass is 10.2. The molecule has 0 radical (unpaired) electrons. The van der Waals surface area contributed by atoms with Crippen LogP contribution in [0.25, 0.3) is 0 Å². The first kappa shape index (κ1) is 11.7. The highest BCUT2D eigenvalue weighted by Crippen LogP contribution is 2.19. The Kier molecular flexibility index (Phi) is 5.24. The van der Waals surface area contributed by atoms with Crippen LogP contribution in [0.15, 0.2) is 22.7 Å². The van der Waals surface area contributed by atoms with E-state index in [1.54, 1.807) is 6.07 Å². The summed E-state index contributed by atoms with van der Waals surface area (Å²) in [4.78, 5) is 0. The maximum atomic E-state index is 8.86. The number of hydrazine groups is 1. The number of hydrogen-bond acceptors (Lipinski definition) is 3. The van der Waals surface area contributed by atoms with Crippen molar-refractivity contribution < 1.29 is 5.11 Å². The molecule has 0 saturated carbocycles. The molecule has 5 heteroatoms. The van der Waals surface area contributed by atoms with Gasteiger partial charge in [-0.15, -0.1) is 12.4 Å². The van der Waals surface area contributed by atoms with Crippen LogP contribution in [0.1, 0.15) is 5.56 Å². The van der Waals surface area contributed by atoms with Gasteiger partial charge in [0.05, 0.1) is 12.3 Å². The zero-order chi connectivity index (χ0) is 8.27. The highest BCUT2D eigenvalue weighted by molar-refractivity contribution is 9.10. The van der Waals surface area contributed by atoms with Crippen LogP contribution in [0.3, 0.4) is 0 Å². The number of nitrogen functional groups attached to an aromatic ring is 1. The number of aliphatic hydroxyl groups is 1. The summed E-state index contributed by atoms with van der Waals surface area (Å²) in [7, 11) is 0. The number of rotatable bonds is 2. The molecule has 0 aromatic heterocycles. The van der Waals surface area contributed by atoms with Crippen molar-refractivity contribution in [2.45, 2.75) is 6.61 Å². The molecule has 0 bridgehead atoms. The Morgan fingerprint density at radius 3 is 2.67 bits per heavy atom. The quantitative estimate of drug-likeness (QED) is 0.555. The summed E-state index contributed by atoms with van der Waals surface area (Å²) >= 11 is 3.29. The van der Waals surface area contributed by atoms with Gasteiger partial charge < -0.3 is 10.5 Å². The van der Waals surface area contributed by atoms with Gasteiger partial charge in [0.1, 0.15) is 0 Å². The van der Waals surface area contributed by atoms with Crippen LogP contribution < -0.4 is 11.3 Å². The Labute approximate surface area is 85.5 Å². The number of nitrogens with two attached hydrogens (primary N) is 1. The lowest BCUT2D eigenvalue weighted by Crippen LogP contribution is -2.09. The molecule has 0 aliphatic heterocycles. The number of hydrogen-bond donors (Lipinski definition) is 3. The van der Waals surface area contributed by atoms with Crippen LogP contribution in [-0.2, 0) is 6.61 Å². The van der Waals surface area contributed by atoms with E-state index in [2.05, 4.69) is 21.4 Å². The lowest BCUT2D eigenvalue weighted by molar-refractivity contribution is 0.282. The van der Waals surface area contributed by atoms with Gasteiger partial charge in [0.15, 0.2) is 0 Å². The van der Waals surface area contributed by atoms with Gasteiger partial charge in [-0.05, 0) is 18.2 Å². The summed E-state index contributed by atoms with van der Waals surface area (Å²) in [6.45, 7) is -0.0149. The van der Waals surface area contributed by atoms with Gasteiger partial charge in [0.2, 0.25) is 0 Å². The molecule has 1 aromatic rings. The first-order chi connectivity index (χ1) is 5.27. The molecule has 0 aliphatic carbocycles. The average molecular weight is 254 g/mol. The summed E-state index contributed by atoms with van der Waals surface area (Å²) in [6.07, 6.45) is 0. The van der Waals surface area contributed by atoms with Crippen LogP contribution in [0.2, 0.25) is 0 Å². The molecule has 4 N–H and O–H groups in total. The number of nitrogens with one attached hydrogen (secondary N) is 1. The van der Waals surface area contributed by atoms with Gasteiger partial charge in [-0.3, -0.25) is 5.84 Å². The molecule has 0 amide bonds. The Hall–Kier alpha value is -0.290. The van der Waals surface area contributed by atoms with Gasteiger partial charge in [0, 0.05) is 10.0 Å². The third-order valence-corrected chi connectivity index (χ3v) is 1.89. The molecule has 0 unspecified atom stereocenters. The molecule has 1 rings (SSSR count). The first-order valence-corrected chi connectivity index (χ1v) is 3.93. The van der Waals surface area contributed by atoms with E-state index in [9.17, 15) is 0 Å². The topological polar surface area (TPSA) is 58.3 Å². The second-order valence-electron chi connectivity index (χ2n) is 2.10. The summed E-state index contributed by atoms with van der Waals surface area (Å²) in [5.41, 5.74) is 4.02. The predicted octanol–water partition coefficient (Wildman–Crippen LogP) is 1.65. The summed E-state index contributed by atoms with van der Waals surface area (Å²) in [5.74, 6) is 5.20. The van der Waals surface area contributed by atoms with Gasteiger partial charge in [-0.2, -0.15) is 0 Å². The molecule has 3 nitrogen and oxygen atoms in total. The van der Waals surface area contributed by atoms with Crippen LogP contribution in [0.5, 0.6) is 0 Å². The normalized spacial score (nSPS) is 8.92. The fraction of sp³-hybridized carbons (Fsp3) is 0.143. The second kappa shape index (κ2) is 5.37. The predicted molar refractivity (Wildman–Crippen MR) is 55.1 cm³/mol. The molecule has 0 atom stereocenters.